The Morgan fingerprint density at radius 2 is 2.21 bits per heavy atom. The van der Waals surface area contributed by atoms with Crippen LogP contribution < -0.4 is 10.5 Å². The maximum Gasteiger partial charge on any atom is 0.146 e. The first-order valence-electron chi connectivity index (χ1n) is 4.97. The molecule has 0 aromatic heterocycles. The van der Waals surface area contributed by atoms with E-state index in [4.69, 9.17) is 10.5 Å². The zero-order valence-electron chi connectivity index (χ0n) is 8.07. The molecule has 76 valence electrons. The molecule has 0 aliphatic heterocycles. The Morgan fingerprint density at radius 3 is 2.86 bits per heavy atom. The number of ether oxygens (including phenoxy) is 1. The number of hydrogen-bond donors (Lipinski definition) is 2. The molecule has 14 heavy (non-hydrogen) atoms. The number of rotatable bonds is 3. The van der Waals surface area contributed by atoms with Gasteiger partial charge < -0.3 is 15.6 Å². The Morgan fingerprint density at radius 1 is 1.43 bits per heavy atom. The van der Waals surface area contributed by atoms with Crippen LogP contribution in [0.15, 0.2) is 18.2 Å². The first-order chi connectivity index (χ1) is 6.77. The largest absolute Gasteiger partial charge is 0.506 e. The number of phenols is 1. The van der Waals surface area contributed by atoms with Gasteiger partial charge in [-0.2, -0.15) is 0 Å². The van der Waals surface area contributed by atoms with Crippen molar-refractivity contribution in [3.63, 3.8) is 0 Å². The van der Waals surface area contributed by atoms with Gasteiger partial charge in [-0.15, -0.1) is 0 Å². The summed E-state index contributed by atoms with van der Waals surface area (Å²) >= 11 is 0. The van der Waals surface area contributed by atoms with Crippen LogP contribution in [0.4, 0.5) is 5.69 Å². The Labute approximate surface area is 83.5 Å². The van der Waals surface area contributed by atoms with Crippen LogP contribution in [0, 0.1) is 5.92 Å². The molecule has 0 saturated heterocycles. The number of para-hydroxylation sites is 1. The molecule has 0 atom stereocenters. The second-order valence-corrected chi connectivity index (χ2v) is 3.80. The number of benzene rings is 1. The molecular weight excluding hydrogens is 178 g/mol. The molecule has 1 aromatic carbocycles. The predicted molar refractivity (Wildman–Crippen MR) is 55.4 cm³/mol. The van der Waals surface area contributed by atoms with Crippen molar-refractivity contribution in [1.82, 2.24) is 0 Å². The highest BCUT2D eigenvalue weighted by molar-refractivity contribution is 5.61. The average molecular weight is 193 g/mol. The molecule has 1 aliphatic carbocycles. The molecule has 0 bridgehead atoms. The molecular formula is C11H15NO2. The number of hydrogen-bond acceptors (Lipinski definition) is 3. The minimum Gasteiger partial charge on any atom is -0.506 e. The summed E-state index contributed by atoms with van der Waals surface area (Å²) in [6.07, 6.45) is 3.81. The summed E-state index contributed by atoms with van der Waals surface area (Å²) in [7, 11) is 0. The summed E-state index contributed by atoms with van der Waals surface area (Å²) in [5.41, 5.74) is 5.99. The van der Waals surface area contributed by atoms with Crippen LogP contribution in [0.5, 0.6) is 11.5 Å². The second kappa shape index (κ2) is 3.78. The SMILES string of the molecule is Nc1c(O)cccc1OCC1CCC1. The van der Waals surface area contributed by atoms with Crippen LogP contribution in [0.1, 0.15) is 19.3 Å². The molecule has 0 spiro atoms. The maximum absolute atomic E-state index is 9.33. The maximum atomic E-state index is 9.33. The number of nitrogen functional groups attached to an aromatic ring is 1. The predicted octanol–water partition coefficient (Wildman–Crippen LogP) is 2.15. The van der Waals surface area contributed by atoms with Gasteiger partial charge in [-0.25, -0.2) is 0 Å². The summed E-state index contributed by atoms with van der Waals surface area (Å²) in [6, 6.07) is 5.08. The topological polar surface area (TPSA) is 55.5 Å². The lowest BCUT2D eigenvalue weighted by atomic mass is 9.86. The van der Waals surface area contributed by atoms with Gasteiger partial charge >= 0.3 is 0 Å². The van der Waals surface area contributed by atoms with Crippen molar-refractivity contribution in [3.05, 3.63) is 18.2 Å². The Hall–Kier alpha value is -1.38. The highest BCUT2D eigenvalue weighted by atomic mass is 16.5. The third-order valence-electron chi connectivity index (χ3n) is 2.74. The fourth-order valence-electron chi connectivity index (χ4n) is 1.53. The van der Waals surface area contributed by atoms with E-state index < -0.39 is 0 Å². The van der Waals surface area contributed by atoms with E-state index in [1.165, 1.54) is 19.3 Å². The molecule has 1 fully saturated rings. The lowest BCUT2D eigenvalue weighted by molar-refractivity contribution is 0.181. The molecule has 2 rings (SSSR count). The van der Waals surface area contributed by atoms with Crippen LogP contribution in [0.3, 0.4) is 0 Å². The molecule has 1 aliphatic rings. The molecule has 0 heterocycles. The molecule has 3 nitrogen and oxygen atoms in total. The third kappa shape index (κ3) is 1.76. The van der Waals surface area contributed by atoms with Crippen molar-refractivity contribution in [2.45, 2.75) is 19.3 Å². The quantitative estimate of drug-likeness (QED) is 0.571. The molecule has 1 saturated carbocycles. The third-order valence-corrected chi connectivity index (χ3v) is 2.74. The van der Waals surface area contributed by atoms with Crippen molar-refractivity contribution in [1.29, 1.82) is 0 Å². The van der Waals surface area contributed by atoms with E-state index in [9.17, 15) is 5.11 Å². The van der Waals surface area contributed by atoms with Crippen LogP contribution in [-0.2, 0) is 0 Å². The molecule has 3 N–H and O–H groups in total. The smallest absolute Gasteiger partial charge is 0.146 e. The monoisotopic (exact) mass is 193 g/mol. The lowest BCUT2D eigenvalue weighted by Crippen LogP contribution is -2.19. The summed E-state index contributed by atoms with van der Waals surface area (Å²) in [6.45, 7) is 0.716. The van der Waals surface area contributed by atoms with E-state index in [1.807, 2.05) is 0 Å². The standard InChI is InChI=1S/C11H15NO2/c12-11-9(13)5-2-6-10(11)14-7-8-3-1-4-8/h2,5-6,8,13H,1,3-4,7,12H2. The van der Waals surface area contributed by atoms with Crippen LogP contribution in [0.25, 0.3) is 0 Å². The first-order valence-corrected chi connectivity index (χ1v) is 4.97. The van der Waals surface area contributed by atoms with Gasteiger partial charge in [0.05, 0.1) is 6.61 Å². The second-order valence-electron chi connectivity index (χ2n) is 3.80. The number of phenolic OH excluding ortho intramolecular Hbond substituents is 1. The van der Waals surface area contributed by atoms with E-state index >= 15 is 0 Å². The van der Waals surface area contributed by atoms with Crippen molar-refractivity contribution >= 4 is 5.69 Å². The number of anilines is 1. The molecule has 0 radical (unpaired) electrons. The Bertz CT molecular complexity index is 321. The lowest BCUT2D eigenvalue weighted by Gasteiger charge is -2.25. The van der Waals surface area contributed by atoms with Gasteiger partial charge in [0.2, 0.25) is 0 Å². The first kappa shape index (κ1) is 9.19. The Balaban J connectivity index is 1.97. The van der Waals surface area contributed by atoms with Gasteiger partial charge in [0, 0.05) is 0 Å². The van der Waals surface area contributed by atoms with E-state index in [0.717, 1.165) is 0 Å². The molecule has 0 unspecified atom stereocenters. The van der Waals surface area contributed by atoms with Crippen molar-refractivity contribution in [3.8, 4) is 11.5 Å². The number of aromatic hydroxyl groups is 1. The highest BCUT2D eigenvalue weighted by Crippen LogP contribution is 2.32. The van der Waals surface area contributed by atoms with Crippen molar-refractivity contribution in [2.75, 3.05) is 12.3 Å². The molecule has 1 aromatic rings. The fraction of sp³-hybridized carbons (Fsp3) is 0.455. The Kier molecular flexibility index (Phi) is 2.48. The van der Waals surface area contributed by atoms with Gasteiger partial charge in [0.1, 0.15) is 17.2 Å². The number of nitrogens with two attached hydrogens (primary N) is 1. The zero-order chi connectivity index (χ0) is 9.97. The summed E-state index contributed by atoms with van der Waals surface area (Å²) < 4.78 is 5.54. The van der Waals surface area contributed by atoms with E-state index in [-0.39, 0.29) is 5.75 Å². The van der Waals surface area contributed by atoms with Crippen molar-refractivity contribution < 1.29 is 9.84 Å². The van der Waals surface area contributed by atoms with Gasteiger partial charge in [-0.3, -0.25) is 0 Å². The summed E-state index contributed by atoms with van der Waals surface area (Å²) in [4.78, 5) is 0. The van der Waals surface area contributed by atoms with Crippen LogP contribution in [-0.4, -0.2) is 11.7 Å². The highest BCUT2D eigenvalue weighted by Gasteiger charge is 2.18. The molecule has 3 heteroatoms. The summed E-state index contributed by atoms with van der Waals surface area (Å²) in [5.74, 6) is 1.37. The van der Waals surface area contributed by atoms with Crippen LogP contribution in [0.2, 0.25) is 0 Å². The van der Waals surface area contributed by atoms with Crippen molar-refractivity contribution in [2.24, 2.45) is 5.92 Å². The van der Waals surface area contributed by atoms with Gasteiger partial charge in [0.15, 0.2) is 0 Å². The zero-order valence-corrected chi connectivity index (χ0v) is 8.07. The van der Waals surface area contributed by atoms with Gasteiger partial charge in [0.25, 0.3) is 0 Å². The van der Waals surface area contributed by atoms with Crippen LogP contribution >= 0.6 is 0 Å². The minimum absolute atomic E-state index is 0.0936. The minimum atomic E-state index is 0.0936. The average Bonchev–Trinajstić information content (AvgIpc) is 2.09. The van der Waals surface area contributed by atoms with Gasteiger partial charge in [-0.05, 0) is 30.9 Å². The fourth-order valence-corrected chi connectivity index (χ4v) is 1.53. The van der Waals surface area contributed by atoms with Gasteiger partial charge in [-0.1, -0.05) is 12.5 Å². The normalized spacial score (nSPS) is 16.3. The van der Waals surface area contributed by atoms with E-state index in [1.54, 1.807) is 18.2 Å². The summed E-state index contributed by atoms with van der Waals surface area (Å²) in [5, 5.41) is 9.33. The van der Waals surface area contributed by atoms with E-state index in [0.29, 0.717) is 24.0 Å². The molecule has 0 amide bonds. The van der Waals surface area contributed by atoms with E-state index in [2.05, 4.69) is 0 Å².